The molecule has 0 saturated heterocycles. The third-order valence-corrected chi connectivity index (χ3v) is 7.11. The fraction of sp³-hybridized carbons (Fsp3) is 1.00. The van der Waals surface area contributed by atoms with E-state index >= 15 is 0 Å². The highest BCUT2D eigenvalue weighted by Crippen LogP contribution is 2.24. The molecule has 0 aromatic carbocycles. The number of hydrogen-bond acceptors (Lipinski definition) is 2. The molecule has 0 aliphatic heterocycles. The smallest absolute Gasteiger partial charge is 0.355 e. The van der Waals surface area contributed by atoms with Gasteiger partial charge in [-0.2, -0.15) is 0 Å². The molecule has 0 aliphatic rings. The molecule has 0 aromatic heterocycles. The zero-order valence-electron chi connectivity index (χ0n) is 16.8. The summed E-state index contributed by atoms with van der Waals surface area (Å²) in [6, 6.07) is 0. The molecule has 0 N–H and O–H groups in total. The Kier molecular flexibility index (Phi) is 19.5. The maximum atomic E-state index is 6.04. The molecule has 2 nitrogen and oxygen atoms in total. The van der Waals surface area contributed by atoms with Gasteiger partial charge in [-0.25, -0.2) is 0 Å². The van der Waals surface area contributed by atoms with Gasteiger partial charge in [0.05, 0.1) is 0 Å². The van der Waals surface area contributed by atoms with Crippen molar-refractivity contribution < 1.29 is 9.47 Å². The fourth-order valence-corrected chi connectivity index (χ4v) is 4.42. The van der Waals surface area contributed by atoms with E-state index in [4.69, 9.17) is 18.5 Å². The predicted molar refractivity (Wildman–Crippen MR) is 108 cm³/mol. The van der Waals surface area contributed by atoms with Crippen molar-refractivity contribution in [2.45, 2.75) is 96.0 Å². The Hall–Kier alpha value is 0.976. The number of hydrogen-bond donors (Lipinski definition) is 0. The third kappa shape index (κ3) is 17.8. The van der Waals surface area contributed by atoms with Gasteiger partial charge in [-0.1, -0.05) is 66.2 Å². The molecule has 3 atom stereocenters. The van der Waals surface area contributed by atoms with Crippen molar-refractivity contribution in [1.29, 1.82) is 0 Å². The van der Waals surface area contributed by atoms with Crippen LogP contribution in [0.1, 0.15) is 91.9 Å². The van der Waals surface area contributed by atoms with Crippen molar-refractivity contribution in [3.8, 4) is 0 Å². The maximum absolute atomic E-state index is 6.04. The second-order valence-corrected chi connectivity index (χ2v) is 10.4. The third-order valence-electron chi connectivity index (χ3n) is 4.67. The van der Waals surface area contributed by atoms with E-state index in [0.29, 0.717) is 6.79 Å². The summed E-state index contributed by atoms with van der Waals surface area (Å²) >= 11 is -0.338. The summed E-state index contributed by atoms with van der Waals surface area (Å²) in [7, 11) is 6.04. The number of unbranched alkanes of at least 4 members (excludes halogenated alkanes) is 5. The molecular weight excluding hydrogens is 332 g/mol. The minimum Gasteiger partial charge on any atom is -0.355 e. The van der Waals surface area contributed by atoms with Gasteiger partial charge in [0, 0.05) is 13.2 Å². The first-order valence-electron chi connectivity index (χ1n) is 10.3. The summed E-state index contributed by atoms with van der Waals surface area (Å²) in [6.07, 6.45) is 12.9. The van der Waals surface area contributed by atoms with Crippen LogP contribution in [0.5, 0.6) is 0 Å². The first kappa shape index (κ1) is 25.0. The van der Waals surface area contributed by atoms with E-state index in [0.717, 1.165) is 35.5 Å². The number of rotatable bonds is 18. The Labute approximate surface area is 165 Å². The van der Waals surface area contributed by atoms with Crippen LogP contribution in [-0.4, -0.2) is 39.3 Å². The van der Waals surface area contributed by atoms with Crippen LogP contribution in [-0.2, 0) is 9.47 Å². The van der Waals surface area contributed by atoms with Crippen molar-refractivity contribution in [2.24, 2.45) is 11.8 Å². The second kappa shape index (κ2) is 18.8. The Morgan fingerprint density at radius 2 is 1.42 bits per heavy atom. The van der Waals surface area contributed by atoms with Crippen LogP contribution in [0.2, 0.25) is 4.05 Å². The van der Waals surface area contributed by atoms with Gasteiger partial charge in [0.25, 0.3) is 0 Å². The van der Waals surface area contributed by atoms with E-state index in [1.165, 1.54) is 57.8 Å². The standard InChI is InChI=1S/C20H41O2.ClH.Mg/c1-5-7-8-9-10-11-15-21-18-22-16-12-14-20(4)17-19(3)13-6-2;;/h6,19-20H,5,7-18H2,1-4H3;1H;/q;;+1/p-1. The Bertz CT molecular complexity index is 254. The molecule has 0 bridgehead atoms. The quantitative estimate of drug-likeness (QED) is 0.149. The van der Waals surface area contributed by atoms with Gasteiger partial charge in [-0.3, -0.25) is 0 Å². The predicted octanol–water partition coefficient (Wildman–Crippen LogP) is 6.84. The molecule has 142 valence electrons. The zero-order chi connectivity index (χ0) is 18.0. The van der Waals surface area contributed by atoms with Crippen LogP contribution in [0.25, 0.3) is 0 Å². The lowest BCUT2D eigenvalue weighted by Gasteiger charge is -2.19. The first-order chi connectivity index (χ1) is 11.6. The summed E-state index contributed by atoms with van der Waals surface area (Å²) in [5.41, 5.74) is 0. The first-order valence-corrected chi connectivity index (χ1v) is 13.3. The van der Waals surface area contributed by atoms with E-state index in [9.17, 15) is 0 Å². The summed E-state index contributed by atoms with van der Waals surface area (Å²) in [5.74, 6) is 1.60. The SMILES string of the molecule is CCCCCCCCOCOCCCC(C)CC(C)C[CH](C)[Mg][Cl]. The van der Waals surface area contributed by atoms with Gasteiger partial charge >= 0.3 is 19.3 Å². The number of halogens is 1. The van der Waals surface area contributed by atoms with Crippen LogP contribution < -0.4 is 0 Å². The average molecular weight is 373 g/mol. The van der Waals surface area contributed by atoms with Gasteiger partial charge in [0.15, 0.2) is 0 Å². The van der Waals surface area contributed by atoms with Gasteiger partial charge in [-0.05, 0) is 37.5 Å². The molecular formula is C20H41ClMgO2. The molecule has 3 unspecified atom stereocenters. The molecule has 0 aliphatic carbocycles. The lowest BCUT2D eigenvalue weighted by molar-refractivity contribution is -0.0561. The Morgan fingerprint density at radius 1 is 0.792 bits per heavy atom. The second-order valence-electron chi connectivity index (χ2n) is 7.79. The summed E-state index contributed by atoms with van der Waals surface area (Å²) in [5, 5.41) is 0. The van der Waals surface area contributed by atoms with Crippen molar-refractivity contribution >= 4 is 28.3 Å². The van der Waals surface area contributed by atoms with Crippen molar-refractivity contribution in [2.75, 3.05) is 20.0 Å². The summed E-state index contributed by atoms with van der Waals surface area (Å²) < 4.78 is 11.9. The minimum absolute atomic E-state index is 0.338. The van der Waals surface area contributed by atoms with E-state index in [1.54, 1.807) is 0 Å². The lowest BCUT2D eigenvalue weighted by atomic mass is 9.91. The Morgan fingerprint density at radius 3 is 2.08 bits per heavy atom. The van der Waals surface area contributed by atoms with Crippen LogP contribution in [0.3, 0.4) is 0 Å². The van der Waals surface area contributed by atoms with E-state index in [1.807, 2.05) is 0 Å². The molecule has 0 saturated carbocycles. The van der Waals surface area contributed by atoms with Crippen LogP contribution in [0, 0.1) is 11.8 Å². The molecule has 0 fully saturated rings. The van der Waals surface area contributed by atoms with Gasteiger partial charge in [0.1, 0.15) is 6.79 Å². The topological polar surface area (TPSA) is 18.5 Å². The van der Waals surface area contributed by atoms with Gasteiger partial charge < -0.3 is 18.5 Å². The normalized spacial score (nSPS) is 15.0. The highest BCUT2D eigenvalue weighted by Gasteiger charge is 2.13. The molecule has 0 radical (unpaired) electrons. The van der Waals surface area contributed by atoms with E-state index in [2.05, 4.69) is 27.7 Å². The van der Waals surface area contributed by atoms with Crippen molar-refractivity contribution in [1.82, 2.24) is 0 Å². The Balaban J connectivity index is 3.28. The van der Waals surface area contributed by atoms with Crippen molar-refractivity contribution in [3.05, 3.63) is 0 Å². The molecule has 4 heteroatoms. The van der Waals surface area contributed by atoms with E-state index in [-0.39, 0.29) is 19.3 Å². The van der Waals surface area contributed by atoms with Crippen molar-refractivity contribution in [3.63, 3.8) is 0 Å². The highest BCUT2D eigenvalue weighted by atomic mass is 35.5. The fourth-order valence-electron chi connectivity index (χ4n) is 3.35. The molecule has 0 heterocycles. The van der Waals surface area contributed by atoms with Gasteiger partial charge in [0.2, 0.25) is 0 Å². The van der Waals surface area contributed by atoms with Crippen LogP contribution in [0.15, 0.2) is 0 Å². The monoisotopic (exact) mass is 372 g/mol. The van der Waals surface area contributed by atoms with Crippen LogP contribution >= 0.6 is 9.07 Å². The lowest BCUT2D eigenvalue weighted by Crippen LogP contribution is -2.08. The number of ether oxygens (including phenoxy) is 2. The highest BCUT2D eigenvalue weighted by molar-refractivity contribution is 6.94. The molecule has 24 heavy (non-hydrogen) atoms. The zero-order valence-corrected chi connectivity index (χ0v) is 19.0. The van der Waals surface area contributed by atoms with Crippen LogP contribution in [0.4, 0.5) is 0 Å². The summed E-state index contributed by atoms with van der Waals surface area (Å²) in [6.45, 7) is 11.5. The summed E-state index contributed by atoms with van der Waals surface area (Å²) in [4.78, 5) is 0. The van der Waals surface area contributed by atoms with Gasteiger partial charge in [-0.15, -0.1) is 4.05 Å². The molecule has 0 amide bonds. The average Bonchev–Trinajstić information content (AvgIpc) is 2.55. The molecule has 0 spiro atoms. The van der Waals surface area contributed by atoms with E-state index < -0.39 is 0 Å². The molecule has 0 rings (SSSR count). The largest absolute Gasteiger partial charge is 0.504 e. The maximum Gasteiger partial charge on any atom is 0.504 e. The molecule has 0 aromatic rings. The minimum atomic E-state index is -0.338.